The van der Waals surface area contributed by atoms with E-state index in [0.717, 1.165) is 42.5 Å². The molecule has 3 rings (SSSR count). The van der Waals surface area contributed by atoms with Crippen LogP contribution in [0.4, 0.5) is 32.0 Å². The first-order valence-corrected chi connectivity index (χ1v) is 9.84. The van der Waals surface area contributed by atoms with Crippen LogP contribution in [-0.2, 0) is 11.0 Å². The number of ether oxygens (including phenoxy) is 1. The van der Waals surface area contributed by atoms with Crippen molar-refractivity contribution in [1.29, 1.82) is 0 Å². The minimum absolute atomic E-state index is 0.00786. The second-order valence-electron chi connectivity index (χ2n) is 6.99. The van der Waals surface area contributed by atoms with E-state index in [1.54, 1.807) is 18.2 Å². The van der Waals surface area contributed by atoms with Gasteiger partial charge in [0, 0.05) is 11.3 Å². The van der Waals surface area contributed by atoms with Crippen molar-refractivity contribution in [3.63, 3.8) is 0 Å². The number of hydrogen-bond donors (Lipinski definition) is 2. The van der Waals surface area contributed by atoms with Gasteiger partial charge in [0.1, 0.15) is 11.4 Å². The van der Waals surface area contributed by atoms with Gasteiger partial charge in [-0.25, -0.2) is 0 Å². The third-order valence-corrected chi connectivity index (χ3v) is 4.44. The zero-order valence-electron chi connectivity index (χ0n) is 17.6. The number of halogens is 6. The first-order valence-electron chi connectivity index (χ1n) is 9.84. The van der Waals surface area contributed by atoms with Crippen LogP contribution in [0, 0.1) is 0 Å². The first-order chi connectivity index (χ1) is 16.4. The molecule has 0 radical (unpaired) electrons. The molecule has 35 heavy (non-hydrogen) atoms. The second-order valence-corrected chi connectivity index (χ2v) is 6.99. The highest BCUT2D eigenvalue weighted by molar-refractivity contribution is 6.10. The fourth-order valence-electron chi connectivity index (χ4n) is 2.92. The van der Waals surface area contributed by atoms with Crippen LogP contribution in [0.3, 0.4) is 0 Å². The van der Waals surface area contributed by atoms with Gasteiger partial charge in [-0.05, 0) is 54.1 Å². The van der Waals surface area contributed by atoms with Crippen LogP contribution >= 0.6 is 0 Å². The predicted octanol–water partition coefficient (Wildman–Crippen LogP) is 6.01. The SMILES string of the molecule is O=C(Nc1ccc(OC(F)(F)F)cc1)/C(=C\c1ccccc1C(F)(F)F)NC(=O)c1ccccc1. The number of carbonyl (C=O) groups is 2. The summed E-state index contributed by atoms with van der Waals surface area (Å²) in [6.45, 7) is 0. The molecule has 0 fully saturated rings. The summed E-state index contributed by atoms with van der Waals surface area (Å²) < 4.78 is 81.0. The van der Waals surface area contributed by atoms with E-state index >= 15 is 0 Å². The summed E-state index contributed by atoms with van der Waals surface area (Å²) in [5.74, 6) is -2.30. The Bertz CT molecular complexity index is 1220. The van der Waals surface area contributed by atoms with Gasteiger partial charge in [0.05, 0.1) is 5.56 Å². The van der Waals surface area contributed by atoms with Crippen molar-refractivity contribution in [3.05, 3.63) is 101 Å². The molecule has 0 spiro atoms. The number of nitrogens with one attached hydrogen (secondary N) is 2. The molecule has 0 atom stereocenters. The van der Waals surface area contributed by atoms with E-state index in [0.29, 0.717) is 0 Å². The number of alkyl halides is 6. The number of benzene rings is 3. The molecule has 0 aliphatic rings. The van der Waals surface area contributed by atoms with E-state index in [4.69, 9.17) is 0 Å². The van der Waals surface area contributed by atoms with Gasteiger partial charge in [0.2, 0.25) is 0 Å². The largest absolute Gasteiger partial charge is 0.573 e. The van der Waals surface area contributed by atoms with E-state index in [1.807, 2.05) is 0 Å². The molecule has 0 saturated carbocycles. The van der Waals surface area contributed by atoms with Crippen LogP contribution in [0.25, 0.3) is 6.08 Å². The van der Waals surface area contributed by atoms with Crippen LogP contribution in [0.1, 0.15) is 21.5 Å². The first kappa shape index (κ1) is 25.3. The Morgan fingerprint density at radius 3 is 1.97 bits per heavy atom. The summed E-state index contributed by atoms with van der Waals surface area (Å²) in [6.07, 6.45) is -8.78. The number of rotatable bonds is 6. The summed E-state index contributed by atoms with van der Waals surface area (Å²) in [6, 6.07) is 16.1. The Kier molecular flexibility index (Phi) is 7.48. The lowest BCUT2D eigenvalue weighted by Crippen LogP contribution is -2.30. The van der Waals surface area contributed by atoms with Gasteiger partial charge in [0.25, 0.3) is 11.8 Å². The van der Waals surface area contributed by atoms with Gasteiger partial charge >= 0.3 is 12.5 Å². The molecule has 3 aromatic rings. The number of amides is 2. The van der Waals surface area contributed by atoms with Crippen molar-refractivity contribution in [2.75, 3.05) is 5.32 Å². The third-order valence-electron chi connectivity index (χ3n) is 4.44. The second kappa shape index (κ2) is 10.3. The molecule has 0 bridgehead atoms. The van der Waals surface area contributed by atoms with Gasteiger partial charge in [-0.3, -0.25) is 9.59 Å². The lowest BCUT2D eigenvalue weighted by atomic mass is 10.1. The number of anilines is 1. The van der Waals surface area contributed by atoms with Crippen LogP contribution < -0.4 is 15.4 Å². The highest BCUT2D eigenvalue weighted by Crippen LogP contribution is 2.33. The maximum atomic E-state index is 13.4. The van der Waals surface area contributed by atoms with Gasteiger partial charge < -0.3 is 15.4 Å². The molecule has 0 aliphatic carbocycles. The van der Waals surface area contributed by atoms with Gasteiger partial charge in [-0.15, -0.1) is 13.2 Å². The third kappa shape index (κ3) is 7.36. The van der Waals surface area contributed by atoms with E-state index < -0.39 is 41.4 Å². The average molecular weight is 494 g/mol. The van der Waals surface area contributed by atoms with Crippen LogP contribution in [-0.4, -0.2) is 18.2 Å². The van der Waals surface area contributed by atoms with Crippen LogP contribution in [0.15, 0.2) is 84.6 Å². The average Bonchev–Trinajstić information content (AvgIpc) is 2.79. The van der Waals surface area contributed by atoms with Crippen molar-refractivity contribution < 1.29 is 40.7 Å². The quantitative estimate of drug-likeness (QED) is 0.326. The number of carbonyl (C=O) groups excluding carboxylic acids is 2. The molecular weight excluding hydrogens is 478 g/mol. The molecule has 0 aromatic heterocycles. The lowest BCUT2D eigenvalue weighted by Gasteiger charge is -2.14. The summed E-state index contributed by atoms with van der Waals surface area (Å²) >= 11 is 0. The topological polar surface area (TPSA) is 67.4 Å². The highest BCUT2D eigenvalue weighted by Gasteiger charge is 2.33. The highest BCUT2D eigenvalue weighted by atomic mass is 19.4. The molecule has 0 aliphatic heterocycles. The zero-order chi connectivity index (χ0) is 25.6. The molecule has 182 valence electrons. The molecular formula is C24H16F6N2O3. The molecule has 3 aromatic carbocycles. The summed E-state index contributed by atoms with van der Waals surface area (Å²) in [5.41, 5.74) is -1.79. The van der Waals surface area contributed by atoms with Crippen molar-refractivity contribution >= 4 is 23.6 Å². The monoisotopic (exact) mass is 494 g/mol. The predicted molar refractivity (Wildman–Crippen MR) is 115 cm³/mol. The Labute approximate surface area is 195 Å². The molecule has 0 heterocycles. The van der Waals surface area contributed by atoms with Crippen LogP contribution in [0.2, 0.25) is 0 Å². The Morgan fingerprint density at radius 1 is 0.771 bits per heavy atom. The fourth-order valence-corrected chi connectivity index (χ4v) is 2.92. The smallest absolute Gasteiger partial charge is 0.406 e. The summed E-state index contributed by atoms with van der Waals surface area (Å²) in [4.78, 5) is 25.5. The van der Waals surface area contributed by atoms with Crippen molar-refractivity contribution in [2.24, 2.45) is 0 Å². The van der Waals surface area contributed by atoms with E-state index in [1.165, 1.54) is 24.3 Å². The normalized spacial score (nSPS) is 12.1. The summed E-state index contributed by atoms with van der Waals surface area (Å²) in [5, 5.41) is 4.62. The van der Waals surface area contributed by atoms with Gasteiger partial charge in [-0.1, -0.05) is 36.4 Å². The molecule has 11 heteroatoms. The molecule has 0 unspecified atom stereocenters. The Morgan fingerprint density at radius 2 is 1.37 bits per heavy atom. The number of hydrogen-bond acceptors (Lipinski definition) is 3. The van der Waals surface area contributed by atoms with Crippen LogP contribution in [0.5, 0.6) is 5.75 Å². The van der Waals surface area contributed by atoms with E-state index in [-0.39, 0.29) is 16.8 Å². The molecule has 2 amide bonds. The van der Waals surface area contributed by atoms with Crippen molar-refractivity contribution in [1.82, 2.24) is 5.32 Å². The minimum Gasteiger partial charge on any atom is -0.406 e. The molecule has 5 nitrogen and oxygen atoms in total. The zero-order valence-corrected chi connectivity index (χ0v) is 17.6. The fraction of sp³-hybridized carbons (Fsp3) is 0.0833. The summed E-state index contributed by atoms with van der Waals surface area (Å²) in [7, 11) is 0. The molecule has 0 saturated heterocycles. The minimum atomic E-state index is -4.91. The van der Waals surface area contributed by atoms with E-state index in [9.17, 15) is 35.9 Å². The maximum Gasteiger partial charge on any atom is 0.573 e. The standard InChI is InChI=1S/C24H16F6N2O3/c25-23(26,27)19-9-5-4-8-16(19)14-20(32-21(33)15-6-2-1-3-7-15)22(34)31-17-10-12-18(13-11-17)35-24(28,29)30/h1-14H,(H,31,34)(H,32,33)/b20-14+. The van der Waals surface area contributed by atoms with Crippen molar-refractivity contribution in [3.8, 4) is 5.75 Å². The van der Waals surface area contributed by atoms with Gasteiger partial charge in [-0.2, -0.15) is 13.2 Å². The molecule has 2 N–H and O–H groups in total. The maximum absolute atomic E-state index is 13.4. The Balaban J connectivity index is 1.92. The Hall–Kier alpha value is -4.28. The van der Waals surface area contributed by atoms with Crippen molar-refractivity contribution in [2.45, 2.75) is 12.5 Å². The lowest BCUT2D eigenvalue weighted by molar-refractivity contribution is -0.274. The van der Waals surface area contributed by atoms with E-state index in [2.05, 4.69) is 15.4 Å². The van der Waals surface area contributed by atoms with Gasteiger partial charge in [0.15, 0.2) is 0 Å².